The minimum Gasteiger partial charge on any atom is -0.497 e. The normalized spacial score (nSPS) is 13.4. The Hall–Kier alpha value is -3.60. The highest BCUT2D eigenvalue weighted by Crippen LogP contribution is 2.34. The van der Waals surface area contributed by atoms with E-state index in [-0.39, 0.29) is 0 Å². The maximum Gasteiger partial charge on any atom is 0.137 e. The molecule has 1 aliphatic heterocycles. The highest BCUT2D eigenvalue weighted by Gasteiger charge is 2.17. The summed E-state index contributed by atoms with van der Waals surface area (Å²) in [6.07, 6.45) is 2.05. The standard InChI is InChI=1S/C23H20N4O/c1-28-19-6-4-5-18(15-19)22-21(26-20-7-2-3-14-27(20)22)16-8-10-17(11-9-16)23-24-12-13-25-23/h2-11,14-15H,12-13H2,1H3,(H,24,25). The van der Waals surface area contributed by atoms with Crippen LogP contribution in [0.1, 0.15) is 5.56 Å². The third-order valence-electron chi connectivity index (χ3n) is 4.98. The number of aromatic nitrogens is 2. The fourth-order valence-corrected chi connectivity index (χ4v) is 3.62. The fraction of sp³-hybridized carbons (Fsp3) is 0.130. The molecule has 1 N–H and O–H groups in total. The average Bonchev–Trinajstić information content (AvgIpc) is 3.42. The first kappa shape index (κ1) is 16.6. The SMILES string of the molecule is COc1cccc(-c2c(-c3ccc(C4=NCCN4)cc3)nc3ccccn23)c1. The molecule has 28 heavy (non-hydrogen) atoms. The van der Waals surface area contributed by atoms with Crippen molar-refractivity contribution >= 4 is 11.5 Å². The Morgan fingerprint density at radius 3 is 2.57 bits per heavy atom. The molecule has 5 rings (SSSR count). The number of methoxy groups -OCH3 is 1. The van der Waals surface area contributed by atoms with Gasteiger partial charge in [0.15, 0.2) is 0 Å². The van der Waals surface area contributed by atoms with Gasteiger partial charge in [-0.3, -0.25) is 9.39 Å². The molecule has 2 aromatic heterocycles. The number of pyridine rings is 1. The van der Waals surface area contributed by atoms with Crippen molar-refractivity contribution in [1.29, 1.82) is 0 Å². The van der Waals surface area contributed by atoms with Crippen LogP contribution in [0.15, 0.2) is 77.9 Å². The molecule has 0 bridgehead atoms. The van der Waals surface area contributed by atoms with Crippen molar-refractivity contribution in [3.8, 4) is 28.3 Å². The zero-order chi connectivity index (χ0) is 18.9. The predicted molar refractivity (Wildman–Crippen MR) is 112 cm³/mol. The third-order valence-corrected chi connectivity index (χ3v) is 4.98. The second-order valence-corrected chi connectivity index (χ2v) is 6.70. The van der Waals surface area contributed by atoms with Crippen LogP contribution in [0.3, 0.4) is 0 Å². The van der Waals surface area contributed by atoms with E-state index < -0.39 is 0 Å². The molecule has 4 aromatic rings. The number of imidazole rings is 1. The molecule has 0 spiro atoms. The zero-order valence-electron chi connectivity index (χ0n) is 15.6. The monoisotopic (exact) mass is 368 g/mol. The minimum atomic E-state index is 0.829. The van der Waals surface area contributed by atoms with Gasteiger partial charge in [-0.2, -0.15) is 0 Å². The van der Waals surface area contributed by atoms with Crippen molar-refractivity contribution in [1.82, 2.24) is 14.7 Å². The van der Waals surface area contributed by atoms with Gasteiger partial charge in [0.2, 0.25) is 0 Å². The lowest BCUT2D eigenvalue weighted by atomic mass is 10.0. The van der Waals surface area contributed by atoms with Crippen molar-refractivity contribution in [2.45, 2.75) is 0 Å². The van der Waals surface area contributed by atoms with Gasteiger partial charge in [-0.25, -0.2) is 4.98 Å². The maximum atomic E-state index is 5.43. The van der Waals surface area contributed by atoms with Crippen LogP contribution in [0.2, 0.25) is 0 Å². The Balaban J connectivity index is 1.67. The Morgan fingerprint density at radius 1 is 0.929 bits per heavy atom. The highest BCUT2D eigenvalue weighted by molar-refractivity contribution is 6.00. The lowest BCUT2D eigenvalue weighted by Gasteiger charge is -2.08. The molecule has 0 aliphatic carbocycles. The van der Waals surface area contributed by atoms with E-state index in [1.165, 1.54) is 0 Å². The number of hydrogen-bond donors (Lipinski definition) is 1. The van der Waals surface area contributed by atoms with Crippen LogP contribution in [0.5, 0.6) is 5.75 Å². The van der Waals surface area contributed by atoms with Gasteiger partial charge in [0.1, 0.15) is 17.2 Å². The molecule has 0 saturated carbocycles. The molecule has 5 heteroatoms. The summed E-state index contributed by atoms with van der Waals surface area (Å²) in [6, 6.07) is 22.6. The molecule has 2 aromatic carbocycles. The van der Waals surface area contributed by atoms with E-state index in [4.69, 9.17) is 9.72 Å². The summed E-state index contributed by atoms with van der Waals surface area (Å²) in [5, 5.41) is 3.32. The first-order valence-electron chi connectivity index (χ1n) is 9.34. The molecule has 138 valence electrons. The predicted octanol–water partition coefficient (Wildman–Crippen LogP) is 4.03. The molecular weight excluding hydrogens is 348 g/mol. The molecule has 1 aliphatic rings. The number of ether oxygens (including phenoxy) is 1. The molecule has 0 saturated heterocycles. The average molecular weight is 368 g/mol. The topological polar surface area (TPSA) is 50.9 Å². The first-order valence-corrected chi connectivity index (χ1v) is 9.34. The molecule has 0 atom stereocenters. The van der Waals surface area contributed by atoms with E-state index in [0.29, 0.717) is 0 Å². The van der Waals surface area contributed by atoms with Crippen molar-refractivity contribution in [3.63, 3.8) is 0 Å². The van der Waals surface area contributed by atoms with Crippen molar-refractivity contribution in [2.75, 3.05) is 20.2 Å². The number of hydrogen-bond acceptors (Lipinski definition) is 4. The zero-order valence-corrected chi connectivity index (χ0v) is 15.6. The van der Waals surface area contributed by atoms with Gasteiger partial charge >= 0.3 is 0 Å². The van der Waals surface area contributed by atoms with Crippen LogP contribution in [0.25, 0.3) is 28.2 Å². The van der Waals surface area contributed by atoms with Crippen molar-refractivity contribution in [3.05, 3.63) is 78.5 Å². The lowest BCUT2D eigenvalue weighted by molar-refractivity contribution is 0.415. The van der Waals surface area contributed by atoms with Crippen LogP contribution in [-0.2, 0) is 0 Å². The van der Waals surface area contributed by atoms with Gasteiger partial charge in [-0.1, -0.05) is 42.5 Å². The largest absolute Gasteiger partial charge is 0.497 e. The number of benzene rings is 2. The summed E-state index contributed by atoms with van der Waals surface area (Å²) in [7, 11) is 1.69. The molecule has 0 amide bonds. The minimum absolute atomic E-state index is 0.829. The Kier molecular flexibility index (Phi) is 4.05. The van der Waals surface area contributed by atoms with E-state index in [1.54, 1.807) is 7.11 Å². The summed E-state index contributed by atoms with van der Waals surface area (Å²) in [4.78, 5) is 9.42. The van der Waals surface area contributed by atoms with Gasteiger partial charge in [0.05, 0.1) is 25.0 Å². The van der Waals surface area contributed by atoms with Crippen LogP contribution in [0.4, 0.5) is 0 Å². The number of nitrogens with one attached hydrogen (secondary N) is 1. The fourth-order valence-electron chi connectivity index (χ4n) is 3.62. The van der Waals surface area contributed by atoms with Crippen molar-refractivity contribution in [2.24, 2.45) is 4.99 Å². The van der Waals surface area contributed by atoms with E-state index in [0.717, 1.165) is 58.4 Å². The maximum absolute atomic E-state index is 5.43. The highest BCUT2D eigenvalue weighted by atomic mass is 16.5. The summed E-state index contributed by atoms with van der Waals surface area (Å²) < 4.78 is 7.56. The van der Waals surface area contributed by atoms with Gasteiger partial charge in [-0.15, -0.1) is 0 Å². The van der Waals surface area contributed by atoms with E-state index in [2.05, 4.69) is 45.0 Å². The molecule has 5 nitrogen and oxygen atoms in total. The van der Waals surface area contributed by atoms with Crippen molar-refractivity contribution < 1.29 is 4.74 Å². The summed E-state index contributed by atoms with van der Waals surface area (Å²) in [5.41, 5.74) is 6.17. The number of fused-ring (bicyclic) bond motifs is 1. The number of rotatable bonds is 4. The van der Waals surface area contributed by atoms with Crippen LogP contribution in [0, 0.1) is 0 Å². The summed E-state index contributed by atoms with van der Waals surface area (Å²) in [5.74, 6) is 1.80. The number of aliphatic imine (C=N–C) groups is 1. The molecule has 0 fully saturated rings. The smallest absolute Gasteiger partial charge is 0.137 e. The quantitative estimate of drug-likeness (QED) is 0.592. The van der Waals surface area contributed by atoms with E-state index >= 15 is 0 Å². The Morgan fingerprint density at radius 2 is 1.79 bits per heavy atom. The lowest BCUT2D eigenvalue weighted by Crippen LogP contribution is -2.19. The van der Waals surface area contributed by atoms with Gasteiger partial charge in [0, 0.05) is 29.4 Å². The second kappa shape index (κ2) is 6.85. The number of nitrogens with zero attached hydrogens (tertiary/aromatic N) is 3. The van der Waals surface area contributed by atoms with E-state index in [1.807, 2.05) is 42.6 Å². The molecule has 0 radical (unpaired) electrons. The molecule has 3 heterocycles. The van der Waals surface area contributed by atoms with E-state index in [9.17, 15) is 0 Å². The molecular formula is C23H20N4O. The Labute approximate surface area is 163 Å². The third kappa shape index (κ3) is 2.81. The first-order chi connectivity index (χ1) is 13.8. The molecule has 0 unspecified atom stereocenters. The Bertz CT molecular complexity index is 1170. The summed E-state index contributed by atoms with van der Waals surface area (Å²) in [6.45, 7) is 1.74. The second-order valence-electron chi connectivity index (χ2n) is 6.70. The van der Waals surface area contributed by atoms with Crippen LogP contribution < -0.4 is 10.1 Å². The van der Waals surface area contributed by atoms with Gasteiger partial charge in [0.25, 0.3) is 0 Å². The van der Waals surface area contributed by atoms with Gasteiger partial charge < -0.3 is 10.1 Å². The summed E-state index contributed by atoms with van der Waals surface area (Å²) >= 11 is 0. The van der Waals surface area contributed by atoms with Gasteiger partial charge in [-0.05, 0) is 24.3 Å². The van der Waals surface area contributed by atoms with Crippen LogP contribution >= 0.6 is 0 Å². The number of amidine groups is 1. The van der Waals surface area contributed by atoms with Crippen LogP contribution in [-0.4, -0.2) is 35.4 Å².